The van der Waals surface area contributed by atoms with Crippen molar-refractivity contribution >= 4 is 0 Å². The quantitative estimate of drug-likeness (QED) is 0.745. The average molecular weight is 181 g/mol. The van der Waals surface area contributed by atoms with E-state index < -0.39 is 0 Å². The Morgan fingerprint density at radius 1 is 1.62 bits per heavy atom. The first-order chi connectivity index (χ1) is 6.15. The van der Waals surface area contributed by atoms with Crippen LogP contribution in [0.3, 0.4) is 0 Å². The SMILES string of the molecule is CCCn1nc(C(C)N)ccc1=O. The molecule has 0 radical (unpaired) electrons. The van der Waals surface area contributed by atoms with Crippen molar-refractivity contribution in [3.63, 3.8) is 0 Å². The summed E-state index contributed by atoms with van der Waals surface area (Å²) in [6, 6.07) is 3.07. The summed E-state index contributed by atoms with van der Waals surface area (Å²) in [5, 5.41) is 4.14. The molecule has 1 aromatic rings. The smallest absolute Gasteiger partial charge is 0.266 e. The van der Waals surface area contributed by atoms with E-state index in [2.05, 4.69) is 5.10 Å². The van der Waals surface area contributed by atoms with Crippen LogP contribution in [0.2, 0.25) is 0 Å². The summed E-state index contributed by atoms with van der Waals surface area (Å²) in [7, 11) is 0. The van der Waals surface area contributed by atoms with Crippen LogP contribution in [-0.2, 0) is 6.54 Å². The molecule has 72 valence electrons. The van der Waals surface area contributed by atoms with Gasteiger partial charge in [-0.05, 0) is 19.4 Å². The van der Waals surface area contributed by atoms with E-state index in [-0.39, 0.29) is 11.6 Å². The van der Waals surface area contributed by atoms with Crippen LogP contribution >= 0.6 is 0 Å². The Balaban J connectivity index is 3.04. The minimum Gasteiger partial charge on any atom is -0.323 e. The monoisotopic (exact) mass is 181 g/mol. The fraction of sp³-hybridized carbons (Fsp3) is 0.556. The summed E-state index contributed by atoms with van der Waals surface area (Å²) in [5.74, 6) is 0. The highest BCUT2D eigenvalue weighted by atomic mass is 16.1. The van der Waals surface area contributed by atoms with Gasteiger partial charge >= 0.3 is 0 Å². The molecule has 0 aliphatic carbocycles. The van der Waals surface area contributed by atoms with Gasteiger partial charge in [-0.1, -0.05) is 6.92 Å². The minimum absolute atomic E-state index is 0.0637. The number of aromatic nitrogens is 2. The van der Waals surface area contributed by atoms with E-state index in [0.29, 0.717) is 6.54 Å². The van der Waals surface area contributed by atoms with Crippen LogP contribution in [0, 0.1) is 0 Å². The Morgan fingerprint density at radius 2 is 2.31 bits per heavy atom. The van der Waals surface area contributed by atoms with Gasteiger partial charge in [-0.3, -0.25) is 4.79 Å². The number of rotatable bonds is 3. The first-order valence-corrected chi connectivity index (χ1v) is 4.48. The summed E-state index contributed by atoms with van der Waals surface area (Å²) in [6.45, 7) is 4.51. The number of hydrogen-bond donors (Lipinski definition) is 1. The van der Waals surface area contributed by atoms with Gasteiger partial charge in [0.2, 0.25) is 0 Å². The molecule has 1 atom stereocenters. The van der Waals surface area contributed by atoms with Crippen molar-refractivity contribution in [3.8, 4) is 0 Å². The molecule has 0 bridgehead atoms. The molecule has 1 aromatic heterocycles. The van der Waals surface area contributed by atoms with Gasteiger partial charge < -0.3 is 5.73 Å². The van der Waals surface area contributed by atoms with Crippen LogP contribution < -0.4 is 11.3 Å². The molecular formula is C9H15N3O. The number of aryl methyl sites for hydroxylation is 1. The molecule has 1 rings (SSSR count). The topological polar surface area (TPSA) is 60.9 Å². The van der Waals surface area contributed by atoms with Crippen LogP contribution in [0.1, 0.15) is 32.0 Å². The molecule has 0 saturated carbocycles. The van der Waals surface area contributed by atoms with E-state index in [1.54, 1.807) is 6.07 Å². The van der Waals surface area contributed by atoms with Gasteiger partial charge in [-0.2, -0.15) is 5.10 Å². The van der Waals surface area contributed by atoms with Crippen LogP contribution in [0.4, 0.5) is 0 Å². The van der Waals surface area contributed by atoms with Crippen LogP contribution in [-0.4, -0.2) is 9.78 Å². The van der Waals surface area contributed by atoms with Crippen LogP contribution in [0.15, 0.2) is 16.9 Å². The lowest BCUT2D eigenvalue weighted by Gasteiger charge is -2.07. The lowest BCUT2D eigenvalue weighted by molar-refractivity contribution is 0.544. The molecule has 0 fully saturated rings. The van der Waals surface area contributed by atoms with Gasteiger partial charge in [0.1, 0.15) is 0 Å². The lowest BCUT2D eigenvalue weighted by atomic mass is 10.2. The molecule has 1 unspecified atom stereocenters. The second kappa shape index (κ2) is 4.18. The molecule has 4 heteroatoms. The van der Waals surface area contributed by atoms with Crippen molar-refractivity contribution in [3.05, 3.63) is 28.2 Å². The largest absolute Gasteiger partial charge is 0.323 e. The molecule has 0 aromatic carbocycles. The van der Waals surface area contributed by atoms with E-state index >= 15 is 0 Å². The molecule has 0 aliphatic heterocycles. The standard InChI is InChI=1S/C9H15N3O/c1-3-6-12-9(13)5-4-8(11-12)7(2)10/h4-5,7H,3,6,10H2,1-2H3. The normalized spacial score (nSPS) is 12.8. The number of hydrogen-bond acceptors (Lipinski definition) is 3. The Morgan fingerprint density at radius 3 is 2.85 bits per heavy atom. The second-order valence-electron chi connectivity index (χ2n) is 3.11. The van der Waals surface area contributed by atoms with Crippen LogP contribution in [0.25, 0.3) is 0 Å². The highest BCUT2D eigenvalue weighted by molar-refractivity contribution is 5.04. The highest BCUT2D eigenvalue weighted by Gasteiger charge is 2.03. The lowest BCUT2D eigenvalue weighted by Crippen LogP contribution is -2.24. The number of nitrogens with zero attached hydrogens (tertiary/aromatic N) is 2. The zero-order valence-electron chi connectivity index (χ0n) is 8.03. The van der Waals surface area contributed by atoms with Gasteiger partial charge in [-0.15, -0.1) is 0 Å². The van der Waals surface area contributed by atoms with Crippen molar-refractivity contribution in [1.29, 1.82) is 0 Å². The molecule has 0 spiro atoms. The maximum absolute atomic E-state index is 11.2. The summed E-state index contributed by atoms with van der Waals surface area (Å²) < 4.78 is 1.46. The maximum Gasteiger partial charge on any atom is 0.266 e. The molecule has 2 N–H and O–H groups in total. The first kappa shape index (κ1) is 9.92. The van der Waals surface area contributed by atoms with E-state index in [9.17, 15) is 4.79 Å². The molecule has 13 heavy (non-hydrogen) atoms. The molecule has 1 heterocycles. The van der Waals surface area contributed by atoms with E-state index in [1.807, 2.05) is 13.8 Å². The second-order valence-corrected chi connectivity index (χ2v) is 3.11. The van der Waals surface area contributed by atoms with Crippen molar-refractivity contribution < 1.29 is 0 Å². The zero-order chi connectivity index (χ0) is 9.84. The molecule has 0 saturated heterocycles. The summed E-state index contributed by atoms with van der Waals surface area (Å²) in [4.78, 5) is 11.2. The minimum atomic E-state index is -0.122. The van der Waals surface area contributed by atoms with Gasteiger partial charge in [-0.25, -0.2) is 4.68 Å². The summed E-state index contributed by atoms with van der Waals surface area (Å²) >= 11 is 0. The Bertz CT molecular complexity index is 330. The fourth-order valence-corrected chi connectivity index (χ4v) is 1.08. The van der Waals surface area contributed by atoms with Gasteiger partial charge in [0.05, 0.1) is 5.69 Å². The van der Waals surface area contributed by atoms with E-state index in [4.69, 9.17) is 5.73 Å². The molecule has 0 aliphatic rings. The van der Waals surface area contributed by atoms with Gasteiger partial charge in [0.25, 0.3) is 5.56 Å². The Labute approximate surface area is 77.4 Å². The Hall–Kier alpha value is -1.16. The highest BCUT2D eigenvalue weighted by Crippen LogP contribution is 2.01. The first-order valence-electron chi connectivity index (χ1n) is 4.48. The predicted molar refractivity (Wildman–Crippen MR) is 51.4 cm³/mol. The molecule has 0 amide bonds. The van der Waals surface area contributed by atoms with E-state index in [1.165, 1.54) is 10.7 Å². The van der Waals surface area contributed by atoms with E-state index in [0.717, 1.165) is 12.1 Å². The van der Waals surface area contributed by atoms with Crippen LogP contribution in [0.5, 0.6) is 0 Å². The van der Waals surface area contributed by atoms with Gasteiger partial charge in [0, 0.05) is 18.7 Å². The summed E-state index contributed by atoms with van der Waals surface area (Å²) in [5.41, 5.74) is 6.34. The molecular weight excluding hydrogens is 166 g/mol. The van der Waals surface area contributed by atoms with Crippen molar-refractivity contribution in [2.75, 3.05) is 0 Å². The molecule has 4 nitrogen and oxygen atoms in total. The number of nitrogens with two attached hydrogens (primary N) is 1. The van der Waals surface area contributed by atoms with Crippen molar-refractivity contribution in [2.45, 2.75) is 32.9 Å². The fourth-order valence-electron chi connectivity index (χ4n) is 1.08. The predicted octanol–water partition coefficient (Wildman–Crippen LogP) is 0.673. The zero-order valence-corrected chi connectivity index (χ0v) is 8.03. The summed E-state index contributed by atoms with van der Waals surface area (Å²) in [6.07, 6.45) is 0.898. The Kier molecular flexibility index (Phi) is 3.19. The van der Waals surface area contributed by atoms with Crippen molar-refractivity contribution in [1.82, 2.24) is 9.78 Å². The third-order valence-corrected chi connectivity index (χ3v) is 1.79. The third kappa shape index (κ3) is 2.39. The van der Waals surface area contributed by atoms with Crippen molar-refractivity contribution in [2.24, 2.45) is 5.73 Å². The maximum atomic E-state index is 11.2. The average Bonchev–Trinajstić information content (AvgIpc) is 2.08. The third-order valence-electron chi connectivity index (χ3n) is 1.79. The van der Waals surface area contributed by atoms with Gasteiger partial charge in [0.15, 0.2) is 0 Å².